The first-order chi connectivity index (χ1) is 11.7. The van der Waals surface area contributed by atoms with E-state index < -0.39 is 0 Å². The van der Waals surface area contributed by atoms with Crippen molar-refractivity contribution in [2.75, 3.05) is 30.4 Å². The molecule has 3 rings (SSSR count). The van der Waals surface area contributed by atoms with Gasteiger partial charge in [0, 0.05) is 37.1 Å². The molecule has 0 unspecified atom stereocenters. The van der Waals surface area contributed by atoms with Crippen LogP contribution in [-0.4, -0.2) is 26.1 Å². The van der Waals surface area contributed by atoms with E-state index in [-0.39, 0.29) is 5.91 Å². The Morgan fingerprint density at radius 1 is 1.17 bits per heavy atom. The van der Waals surface area contributed by atoms with Gasteiger partial charge in [-0.15, -0.1) is 0 Å². The van der Waals surface area contributed by atoms with E-state index in [4.69, 9.17) is 4.74 Å². The molecule has 1 fully saturated rings. The lowest BCUT2D eigenvalue weighted by Gasteiger charge is -2.18. The molecule has 0 aromatic heterocycles. The zero-order valence-corrected chi connectivity index (χ0v) is 14.3. The van der Waals surface area contributed by atoms with Crippen LogP contribution in [0.25, 0.3) is 0 Å². The number of hydrogen-bond donors (Lipinski definition) is 1. The molecule has 1 aliphatic heterocycles. The summed E-state index contributed by atoms with van der Waals surface area (Å²) in [5.41, 5.74) is 4.78. The SMILES string of the molecule is COCc1cccc(NC(=O)c2cccc(N3CCCC3)c2)c1C. The van der Waals surface area contributed by atoms with Gasteiger partial charge in [-0.25, -0.2) is 0 Å². The van der Waals surface area contributed by atoms with E-state index in [2.05, 4.69) is 16.3 Å². The van der Waals surface area contributed by atoms with Crippen LogP contribution in [0, 0.1) is 6.92 Å². The van der Waals surface area contributed by atoms with Gasteiger partial charge >= 0.3 is 0 Å². The Bertz CT molecular complexity index is 721. The van der Waals surface area contributed by atoms with Crippen LogP contribution in [0.2, 0.25) is 0 Å². The quantitative estimate of drug-likeness (QED) is 0.904. The Labute approximate surface area is 143 Å². The third-order valence-corrected chi connectivity index (χ3v) is 4.57. The van der Waals surface area contributed by atoms with Crippen molar-refractivity contribution in [3.05, 3.63) is 59.2 Å². The van der Waals surface area contributed by atoms with Gasteiger partial charge in [-0.05, 0) is 55.2 Å². The summed E-state index contributed by atoms with van der Waals surface area (Å²) in [6.45, 7) is 4.69. The van der Waals surface area contributed by atoms with Gasteiger partial charge in [0.2, 0.25) is 0 Å². The molecule has 0 spiro atoms. The highest BCUT2D eigenvalue weighted by atomic mass is 16.5. The van der Waals surface area contributed by atoms with Crippen molar-refractivity contribution >= 4 is 17.3 Å². The molecule has 0 radical (unpaired) electrons. The minimum Gasteiger partial charge on any atom is -0.380 e. The molecule has 4 nitrogen and oxygen atoms in total. The highest BCUT2D eigenvalue weighted by molar-refractivity contribution is 6.05. The average Bonchev–Trinajstić information content (AvgIpc) is 3.13. The standard InChI is InChI=1S/C20H24N2O2/c1-15-17(14-24-2)8-6-10-19(15)21-20(23)16-7-5-9-18(13-16)22-11-3-4-12-22/h5-10,13H,3-4,11-12,14H2,1-2H3,(H,21,23). The maximum atomic E-state index is 12.6. The number of rotatable bonds is 5. The number of amides is 1. The zero-order chi connectivity index (χ0) is 16.9. The van der Waals surface area contributed by atoms with Gasteiger partial charge in [-0.1, -0.05) is 18.2 Å². The summed E-state index contributed by atoms with van der Waals surface area (Å²) < 4.78 is 5.21. The lowest BCUT2D eigenvalue weighted by atomic mass is 10.1. The van der Waals surface area contributed by atoms with E-state index >= 15 is 0 Å². The molecule has 0 atom stereocenters. The van der Waals surface area contributed by atoms with E-state index in [9.17, 15) is 4.79 Å². The zero-order valence-electron chi connectivity index (χ0n) is 14.3. The third kappa shape index (κ3) is 3.60. The van der Waals surface area contributed by atoms with Gasteiger partial charge in [-0.2, -0.15) is 0 Å². The average molecular weight is 324 g/mol. The Hall–Kier alpha value is -2.33. The first-order valence-electron chi connectivity index (χ1n) is 8.43. The van der Waals surface area contributed by atoms with Crippen molar-refractivity contribution in [2.45, 2.75) is 26.4 Å². The second-order valence-corrected chi connectivity index (χ2v) is 6.22. The summed E-state index contributed by atoms with van der Waals surface area (Å²) in [6, 6.07) is 13.8. The number of anilines is 2. The van der Waals surface area contributed by atoms with E-state index in [0.29, 0.717) is 12.2 Å². The van der Waals surface area contributed by atoms with Crippen LogP contribution in [0.15, 0.2) is 42.5 Å². The Morgan fingerprint density at radius 3 is 2.67 bits per heavy atom. The number of benzene rings is 2. The summed E-state index contributed by atoms with van der Waals surface area (Å²) >= 11 is 0. The monoisotopic (exact) mass is 324 g/mol. The van der Waals surface area contributed by atoms with E-state index in [0.717, 1.165) is 35.6 Å². The normalized spacial score (nSPS) is 14.0. The largest absolute Gasteiger partial charge is 0.380 e. The van der Waals surface area contributed by atoms with Gasteiger partial charge in [0.1, 0.15) is 0 Å². The maximum absolute atomic E-state index is 12.6. The summed E-state index contributed by atoms with van der Waals surface area (Å²) in [5.74, 6) is -0.0753. The number of methoxy groups -OCH3 is 1. The van der Waals surface area contributed by atoms with Gasteiger partial charge < -0.3 is 15.0 Å². The second-order valence-electron chi connectivity index (χ2n) is 6.22. The Kier molecular flexibility index (Phi) is 5.16. The molecule has 1 N–H and O–H groups in total. The van der Waals surface area contributed by atoms with Crippen molar-refractivity contribution < 1.29 is 9.53 Å². The predicted octanol–water partition coefficient (Wildman–Crippen LogP) is 3.99. The van der Waals surface area contributed by atoms with E-state index in [1.165, 1.54) is 12.8 Å². The minimum atomic E-state index is -0.0753. The fourth-order valence-corrected chi connectivity index (χ4v) is 3.14. The fraction of sp³-hybridized carbons (Fsp3) is 0.350. The van der Waals surface area contributed by atoms with Crippen molar-refractivity contribution in [1.82, 2.24) is 0 Å². The minimum absolute atomic E-state index is 0.0753. The molecule has 1 saturated heterocycles. The summed E-state index contributed by atoms with van der Waals surface area (Å²) in [5, 5.41) is 3.03. The molecule has 1 aliphatic rings. The summed E-state index contributed by atoms with van der Waals surface area (Å²) in [4.78, 5) is 15.0. The summed E-state index contributed by atoms with van der Waals surface area (Å²) in [6.07, 6.45) is 2.45. The Balaban J connectivity index is 1.78. The molecular formula is C20H24N2O2. The topological polar surface area (TPSA) is 41.6 Å². The molecule has 0 aliphatic carbocycles. The predicted molar refractivity (Wildman–Crippen MR) is 97.7 cm³/mol. The number of nitrogens with one attached hydrogen (secondary N) is 1. The molecule has 1 heterocycles. The van der Waals surface area contributed by atoms with Gasteiger partial charge in [0.15, 0.2) is 0 Å². The van der Waals surface area contributed by atoms with Crippen LogP contribution in [0.1, 0.15) is 34.3 Å². The first-order valence-corrected chi connectivity index (χ1v) is 8.43. The lowest BCUT2D eigenvalue weighted by Crippen LogP contribution is -2.19. The molecule has 4 heteroatoms. The van der Waals surface area contributed by atoms with Crippen molar-refractivity contribution in [1.29, 1.82) is 0 Å². The second kappa shape index (κ2) is 7.49. The van der Waals surface area contributed by atoms with Gasteiger partial charge in [-0.3, -0.25) is 4.79 Å². The van der Waals surface area contributed by atoms with Crippen molar-refractivity contribution in [3.8, 4) is 0 Å². The van der Waals surface area contributed by atoms with Gasteiger partial charge in [0.05, 0.1) is 6.61 Å². The van der Waals surface area contributed by atoms with E-state index in [1.807, 2.05) is 43.3 Å². The van der Waals surface area contributed by atoms with Gasteiger partial charge in [0.25, 0.3) is 5.91 Å². The molecule has 1 amide bonds. The number of hydrogen-bond acceptors (Lipinski definition) is 3. The van der Waals surface area contributed by atoms with Crippen molar-refractivity contribution in [3.63, 3.8) is 0 Å². The molecule has 2 aromatic rings. The molecule has 0 bridgehead atoms. The van der Waals surface area contributed by atoms with Crippen LogP contribution in [0.5, 0.6) is 0 Å². The smallest absolute Gasteiger partial charge is 0.255 e. The summed E-state index contributed by atoms with van der Waals surface area (Å²) in [7, 11) is 1.68. The van der Waals surface area contributed by atoms with Crippen LogP contribution in [0.4, 0.5) is 11.4 Å². The fourth-order valence-electron chi connectivity index (χ4n) is 3.14. The van der Waals surface area contributed by atoms with Crippen LogP contribution in [-0.2, 0) is 11.3 Å². The lowest BCUT2D eigenvalue weighted by molar-refractivity contribution is 0.102. The van der Waals surface area contributed by atoms with Crippen LogP contribution >= 0.6 is 0 Å². The number of ether oxygens (including phenoxy) is 1. The highest BCUT2D eigenvalue weighted by Gasteiger charge is 2.15. The van der Waals surface area contributed by atoms with E-state index in [1.54, 1.807) is 7.11 Å². The molecule has 126 valence electrons. The number of carbonyl (C=O) groups excluding carboxylic acids is 1. The number of carbonyl (C=O) groups is 1. The van der Waals surface area contributed by atoms with Crippen LogP contribution < -0.4 is 10.2 Å². The molecule has 2 aromatic carbocycles. The molecule has 24 heavy (non-hydrogen) atoms. The maximum Gasteiger partial charge on any atom is 0.255 e. The highest BCUT2D eigenvalue weighted by Crippen LogP contribution is 2.23. The molecule has 0 saturated carbocycles. The van der Waals surface area contributed by atoms with Crippen molar-refractivity contribution in [2.24, 2.45) is 0 Å². The Morgan fingerprint density at radius 2 is 1.92 bits per heavy atom. The first kappa shape index (κ1) is 16.5. The third-order valence-electron chi connectivity index (χ3n) is 4.57. The molecular weight excluding hydrogens is 300 g/mol. The van der Waals surface area contributed by atoms with Crippen LogP contribution in [0.3, 0.4) is 0 Å². The number of nitrogens with zero attached hydrogens (tertiary/aromatic N) is 1.